The molecule has 92 valence electrons. The summed E-state index contributed by atoms with van der Waals surface area (Å²) in [4.78, 5) is 14.0. The van der Waals surface area contributed by atoms with Crippen molar-refractivity contribution in [1.29, 1.82) is 0 Å². The van der Waals surface area contributed by atoms with Gasteiger partial charge in [0.1, 0.15) is 0 Å². The van der Waals surface area contributed by atoms with Gasteiger partial charge in [0.2, 0.25) is 0 Å². The summed E-state index contributed by atoms with van der Waals surface area (Å²) in [6, 6.07) is 6.31. The third-order valence-corrected chi connectivity index (χ3v) is 3.43. The molecule has 1 aromatic carbocycles. The number of benzene rings is 1. The highest BCUT2D eigenvalue weighted by Gasteiger charge is 2.16. The van der Waals surface area contributed by atoms with E-state index in [0.29, 0.717) is 0 Å². The van der Waals surface area contributed by atoms with Crippen LogP contribution in [0.4, 0.5) is 0 Å². The summed E-state index contributed by atoms with van der Waals surface area (Å²) in [5.74, 6) is 0.105. The molecule has 0 spiro atoms. The first kappa shape index (κ1) is 12.1. The zero-order valence-corrected chi connectivity index (χ0v) is 10.8. The number of carbonyl (C=O) groups is 1. The highest BCUT2D eigenvalue weighted by atomic mass is 16.2. The van der Waals surface area contributed by atoms with Crippen LogP contribution in [0, 0.1) is 0 Å². The van der Waals surface area contributed by atoms with Gasteiger partial charge in [0.15, 0.2) is 0 Å². The van der Waals surface area contributed by atoms with Gasteiger partial charge in [-0.25, -0.2) is 0 Å². The Hall–Kier alpha value is -1.35. The van der Waals surface area contributed by atoms with Gasteiger partial charge < -0.3 is 10.2 Å². The minimum atomic E-state index is 0.105. The summed E-state index contributed by atoms with van der Waals surface area (Å²) in [5.41, 5.74) is 3.43. The van der Waals surface area contributed by atoms with Crippen molar-refractivity contribution in [2.24, 2.45) is 0 Å². The minimum Gasteiger partial charge on any atom is -0.339 e. The maximum Gasteiger partial charge on any atom is 0.253 e. The largest absolute Gasteiger partial charge is 0.339 e. The first-order valence-corrected chi connectivity index (χ1v) is 6.19. The molecular formula is C14H20N2O. The molecule has 17 heavy (non-hydrogen) atoms. The molecule has 0 saturated carbocycles. The number of fused-ring (bicyclic) bond motifs is 1. The maximum absolute atomic E-state index is 12.2. The molecule has 1 aromatic rings. The molecule has 0 aliphatic carbocycles. The summed E-state index contributed by atoms with van der Waals surface area (Å²) < 4.78 is 0. The molecule has 3 heteroatoms. The SMILES string of the molecule is CC(C)N(C)C(=O)c1ccc2c(c1)CNCC2. The quantitative estimate of drug-likeness (QED) is 0.843. The van der Waals surface area contributed by atoms with Gasteiger partial charge >= 0.3 is 0 Å². The number of hydrogen-bond donors (Lipinski definition) is 1. The van der Waals surface area contributed by atoms with E-state index in [-0.39, 0.29) is 11.9 Å². The van der Waals surface area contributed by atoms with E-state index in [1.54, 1.807) is 4.90 Å². The zero-order valence-electron chi connectivity index (χ0n) is 10.8. The smallest absolute Gasteiger partial charge is 0.253 e. The fourth-order valence-corrected chi connectivity index (χ4v) is 2.05. The van der Waals surface area contributed by atoms with Gasteiger partial charge in [0.05, 0.1) is 0 Å². The second-order valence-corrected chi connectivity index (χ2v) is 4.92. The molecule has 0 saturated heterocycles. The fraction of sp³-hybridized carbons (Fsp3) is 0.500. The Morgan fingerprint density at radius 2 is 2.12 bits per heavy atom. The average molecular weight is 232 g/mol. The standard InChI is InChI=1S/C14H20N2O/c1-10(2)16(3)14(17)12-5-4-11-6-7-15-9-13(11)8-12/h4-5,8,10,15H,6-7,9H2,1-3H3. The van der Waals surface area contributed by atoms with E-state index in [0.717, 1.165) is 25.1 Å². The van der Waals surface area contributed by atoms with Crippen molar-refractivity contribution in [1.82, 2.24) is 10.2 Å². The van der Waals surface area contributed by atoms with Gasteiger partial charge in [-0.15, -0.1) is 0 Å². The molecule has 1 aliphatic heterocycles. The summed E-state index contributed by atoms with van der Waals surface area (Å²) in [7, 11) is 1.85. The van der Waals surface area contributed by atoms with Crippen molar-refractivity contribution in [2.75, 3.05) is 13.6 Å². The van der Waals surface area contributed by atoms with Gasteiger partial charge in [-0.1, -0.05) is 6.07 Å². The first-order valence-electron chi connectivity index (χ1n) is 6.19. The van der Waals surface area contributed by atoms with Gasteiger partial charge in [-0.05, 0) is 50.1 Å². The summed E-state index contributed by atoms with van der Waals surface area (Å²) in [5, 5.41) is 3.33. The molecule has 1 amide bonds. The summed E-state index contributed by atoms with van der Waals surface area (Å²) in [6.45, 7) is 5.96. The number of hydrogen-bond acceptors (Lipinski definition) is 2. The van der Waals surface area contributed by atoms with E-state index >= 15 is 0 Å². The topological polar surface area (TPSA) is 32.3 Å². The van der Waals surface area contributed by atoms with Crippen molar-refractivity contribution < 1.29 is 4.79 Å². The van der Waals surface area contributed by atoms with Crippen molar-refractivity contribution in [2.45, 2.75) is 32.9 Å². The van der Waals surface area contributed by atoms with Crippen LogP contribution in [0.25, 0.3) is 0 Å². The molecule has 0 fully saturated rings. The average Bonchev–Trinajstić information content (AvgIpc) is 2.36. The monoisotopic (exact) mass is 232 g/mol. The van der Waals surface area contributed by atoms with Crippen LogP contribution in [-0.4, -0.2) is 30.4 Å². The lowest BCUT2D eigenvalue weighted by Crippen LogP contribution is -2.33. The Morgan fingerprint density at radius 1 is 1.35 bits per heavy atom. The van der Waals surface area contributed by atoms with Crippen LogP contribution < -0.4 is 5.32 Å². The van der Waals surface area contributed by atoms with Gasteiger partial charge in [-0.3, -0.25) is 4.79 Å². The van der Waals surface area contributed by atoms with Gasteiger partial charge in [0, 0.05) is 25.2 Å². The van der Waals surface area contributed by atoms with Crippen molar-refractivity contribution in [3.63, 3.8) is 0 Å². The zero-order chi connectivity index (χ0) is 12.4. The van der Waals surface area contributed by atoms with Crippen LogP contribution in [0.2, 0.25) is 0 Å². The molecule has 0 bridgehead atoms. The van der Waals surface area contributed by atoms with E-state index in [1.807, 2.05) is 33.0 Å². The Balaban J connectivity index is 2.25. The molecule has 2 rings (SSSR count). The highest BCUT2D eigenvalue weighted by molar-refractivity contribution is 5.94. The third-order valence-electron chi connectivity index (χ3n) is 3.43. The second kappa shape index (κ2) is 4.88. The van der Waals surface area contributed by atoms with Crippen molar-refractivity contribution in [3.05, 3.63) is 34.9 Å². The number of nitrogens with one attached hydrogen (secondary N) is 1. The van der Waals surface area contributed by atoms with Crippen LogP contribution in [0.3, 0.4) is 0 Å². The molecule has 1 N–H and O–H groups in total. The molecule has 3 nitrogen and oxygen atoms in total. The lowest BCUT2D eigenvalue weighted by Gasteiger charge is -2.23. The molecule has 0 atom stereocenters. The van der Waals surface area contributed by atoms with Crippen LogP contribution in [0.5, 0.6) is 0 Å². The molecular weight excluding hydrogens is 212 g/mol. The Morgan fingerprint density at radius 3 is 2.82 bits per heavy atom. The number of amides is 1. The number of nitrogens with zero attached hydrogens (tertiary/aromatic N) is 1. The number of carbonyl (C=O) groups excluding carboxylic acids is 1. The highest BCUT2D eigenvalue weighted by Crippen LogP contribution is 2.17. The molecule has 0 radical (unpaired) electrons. The van der Waals surface area contributed by atoms with Gasteiger partial charge in [-0.2, -0.15) is 0 Å². The Bertz CT molecular complexity index is 426. The third kappa shape index (κ3) is 2.50. The van der Waals surface area contributed by atoms with Crippen LogP contribution in [-0.2, 0) is 13.0 Å². The maximum atomic E-state index is 12.2. The first-order chi connectivity index (χ1) is 8.09. The van der Waals surface area contributed by atoms with E-state index in [9.17, 15) is 4.79 Å². The normalized spacial score (nSPS) is 14.6. The Kier molecular flexibility index (Phi) is 3.48. The predicted octanol–water partition coefficient (Wildman–Crippen LogP) is 1.81. The summed E-state index contributed by atoms with van der Waals surface area (Å²) >= 11 is 0. The van der Waals surface area contributed by atoms with E-state index in [1.165, 1.54) is 11.1 Å². The fourth-order valence-electron chi connectivity index (χ4n) is 2.05. The Labute approximate surface area is 103 Å². The van der Waals surface area contributed by atoms with Crippen LogP contribution in [0.15, 0.2) is 18.2 Å². The van der Waals surface area contributed by atoms with E-state index < -0.39 is 0 Å². The van der Waals surface area contributed by atoms with E-state index in [4.69, 9.17) is 0 Å². The van der Waals surface area contributed by atoms with Crippen LogP contribution in [0.1, 0.15) is 35.3 Å². The van der Waals surface area contributed by atoms with Gasteiger partial charge in [0.25, 0.3) is 5.91 Å². The molecule has 0 aromatic heterocycles. The second-order valence-electron chi connectivity index (χ2n) is 4.92. The van der Waals surface area contributed by atoms with Crippen LogP contribution >= 0.6 is 0 Å². The summed E-state index contributed by atoms with van der Waals surface area (Å²) in [6.07, 6.45) is 1.06. The lowest BCUT2D eigenvalue weighted by molar-refractivity contribution is 0.0755. The number of rotatable bonds is 2. The molecule has 1 heterocycles. The molecule has 0 unspecified atom stereocenters. The minimum absolute atomic E-state index is 0.105. The lowest BCUT2D eigenvalue weighted by atomic mass is 9.98. The molecule has 1 aliphatic rings. The predicted molar refractivity (Wildman–Crippen MR) is 69.1 cm³/mol. The van der Waals surface area contributed by atoms with Crippen molar-refractivity contribution in [3.8, 4) is 0 Å². The van der Waals surface area contributed by atoms with Crippen molar-refractivity contribution >= 4 is 5.91 Å². The van der Waals surface area contributed by atoms with E-state index in [2.05, 4.69) is 11.4 Å².